The van der Waals surface area contributed by atoms with Crippen LogP contribution in [0.5, 0.6) is 0 Å². The van der Waals surface area contributed by atoms with Gasteiger partial charge < -0.3 is 10.8 Å². The Bertz CT molecular complexity index is 609. The average molecular weight is 314 g/mol. The van der Waals surface area contributed by atoms with Crippen molar-refractivity contribution in [3.05, 3.63) is 53.2 Å². The lowest BCUT2D eigenvalue weighted by Gasteiger charge is -2.16. The van der Waals surface area contributed by atoms with Crippen LogP contribution in [0, 0.1) is 6.92 Å². The Morgan fingerprint density at radius 1 is 1.19 bits per heavy atom. The summed E-state index contributed by atoms with van der Waals surface area (Å²) in [6.07, 6.45) is 0.507. The SMILES string of the molecule is Cc1ccnc(N)c1C(O)c1ccc(SC(F)(F)F)cc1. The minimum Gasteiger partial charge on any atom is -0.384 e. The summed E-state index contributed by atoms with van der Waals surface area (Å²) in [7, 11) is 0. The molecule has 112 valence electrons. The number of thioether (sulfide) groups is 1. The highest BCUT2D eigenvalue weighted by Crippen LogP contribution is 2.37. The number of nitrogens with two attached hydrogens (primary N) is 1. The number of aliphatic hydroxyl groups is 1. The van der Waals surface area contributed by atoms with Gasteiger partial charge in [0.2, 0.25) is 0 Å². The van der Waals surface area contributed by atoms with Gasteiger partial charge in [-0.2, -0.15) is 13.2 Å². The van der Waals surface area contributed by atoms with E-state index >= 15 is 0 Å². The van der Waals surface area contributed by atoms with Gasteiger partial charge in [0.1, 0.15) is 11.9 Å². The first-order valence-corrected chi connectivity index (χ1v) is 6.84. The zero-order valence-corrected chi connectivity index (χ0v) is 11.9. The number of aliphatic hydroxyl groups excluding tert-OH is 1. The van der Waals surface area contributed by atoms with E-state index in [1.54, 1.807) is 13.0 Å². The lowest BCUT2D eigenvalue weighted by atomic mass is 9.98. The van der Waals surface area contributed by atoms with Crippen molar-refractivity contribution in [2.75, 3.05) is 5.73 Å². The number of nitrogens with zero attached hydrogens (tertiary/aromatic N) is 1. The molecule has 1 aromatic heterocycles. The number of anilines is 1. The maximum Gasteiger partial charge on any atom is 0.446 e. The minimum absolute atomic E-state index is 0.0642. The number of benzene rings is 1. The molecule has 0 aliphatic carbocycles. The van der Waals surface area contributed by atoms with Gasteiger partial charge in [0, 0.05) is 16.7 Å². The number of aromatic nitrogens is 1. The summed E-state index contributed by atoms with van der Waals surface area (Å²) in [5.41, 5.74) is 3.12. The van der Waals surface area contributed by atoms with Gasteiger partial charge >= 0.3 is 5.51 Å². The van der Waals surface area contributed by atoms with Crippen LogP contribution in [0.1, 0.15) is 22.8 Å². The number of halogens is 3. The van der Waals surface area contributed by atoms with Crippen molar-refractivity contribution >= 4 is 17.6 Å². The molecule has 1 aromatic carbocycles. The monoisotopic (exact) mass is 314 g/mol. The summed E-state index contributed by atoms with van der Waals surface area (Å²) >= 11 is -0.195. The van der Waals surface area contributed by atoms with Gasteiger partial charge in [-0.05, 0) is 48.0 Å². The smallest absolute Gasteiger partial charge is 0.384 e. The van der Waals surface area contributed by atoms with E-state index in [2.05, 4.69) is 4.98 Å². The first-order chi connectivity index (χ1) is 9.78. The molecule has 7 heteroatoms. The summed E-state index contributed by atoms with van der Waals surface area (Å²) in [5.74, 6) is 0.205. The highest BCUT2D eigenvalue weighted by atomic mass is 32.2. The van der Waals surface area contributed by atoms with E-state index in [9.17, 15) is 18.3 Å². The Morgan fingerprint density at radius 2 is 1.81 bits per heavy atom. The van der Waals surface area contributed by atoms with Crippen molar-refractivity contribution in [1.29, 1.82) is 0 Å². The van der Waals surface area contributed by atoms with Gasteiger partial charge in [0.15, 0.2) is 0 Å². The number of hydrogen-bond donors (Lipinski definition) is 2. The lowest BCUT2D eigenvalue weighted by molar-refractivity contribution is -0.0328. The van der Waals surface area contributed by atoms with Gasteiger partial charge in [-0.3, -0.25) is 0 Å². The number of nitrogen functional groups attached to an aromatic ring is 1. The quantitative estimate of drug-likeness (QED) is 0.849. The van der Waals surface area contributed by atoms with Crippen LogP contribution in [0.25, 0.3) is 0 Å². The van der Waals surface area contributed by atoms with Crippen molar-refractivity contribution in [2.45, 2.75) is 23.4 Å². The van der Waals surface area contributed by atoms with E-state index in [4.69, 9.17) is 5.73 Å². The van der Waals surface area contributed by atoms with Gasteiger partial charge in [-0.15, -0.1) is 0 Å². The molecule has 2 rings (SSSR count). The zero-order valence-electron chi connectivity index (χ0n) is 11.1. The Kier molecular flexibility index (Phi) is 4.43. The molecule has 0 spiro atoms. The molecule has 2 aromatic rings. The molecule has 1 atom stereocenters. The highest BCUT2D eigenvalue weighted by Gasteiger charge is 2.29. The van der Waals surface area contributed by atoms with E-state index in [1.165, 1.54) is 30.5 Å². The average Bonchev–Trinajstić information content (AvgIpc) is 2.37. The van der Waals surface area contributed by atoms with Crippen molar-refractivity contribution in [3.63, 3.8) is 0 Å². The largest absolute Gasteiger partial charge is 0.446 e. The Labute approximate surface area is 124 Å². The van der Waals surface area contributed by atoms with E-state index in [0.717, 1.165) is 5.56 Å². The molecule has 21 heavy (non-hydrogen) atoms. The van der Waals surface area contributed by atoms with Crippen LogP contribution in [0.2, 0.25) is 0 Å². The van der Waals surface area contributed by atoms with Crippen LogP contribution in [-0.2, 0) is 0 Å². The number of rotatable bonds is 3. The van der Waals surface area contributed by atoms with Gasteiger partial charge in [0.05, 0.1) is 0 Å². The normalized spacial score (nSPS) is 13.2. The molecule has 0 saturated carbocycles. The predicted octanol–water partition coefficient (Wildman–Crippen LogP) is 3.67. The Balaban J connectivity index is 2.26. The molecule has 1 unspecified atom stereocenters. The van der Waals surface area contributed by atoms with E-state index in [0.29, 0.717) is 11.1 Å². The Hall–Kier alpha value is -1.73. The van der Waals surface area contributed by atoms with Gasteiger partial charge in [-0.1, -0.05) is 12.1 Å². The Morgan fingerprint density at radius 3 is 2.33 bits per heavy atom. The van der Waals surface area contributed by atoms with E-state index < -0.39 is 11.6 Å². The van der Waals surface area contributed by atoms with Gasteiger partial charge in [-0.25, -0.2) is 4.98 Å². The molecule has 0 aliphatic heterocycles. The van der Waals surface area contributed by atoms with Crippen molar-refractivity contribution in [2.24, 2.45) is 0 Å². The van der Waals surface area contributed by atoms with Crippen LogP contribution in [0.4, 0.5) is 19.0 Å². The summed E-state index contributed by atoms with van der Waals surface area (Å²) in [5, 5.41) is 10.3. The van der Waals surface area contributed by atoms with Crippen molar-refractivity contribution in [1.82, 2.24) is 4.98 Å². The summed E-state index contributed by atoms with van der Waals surface area (Å²) in [6.45, 7) is 1.78. The minimum atomic E-state index is -4.33. The third-order valence-electron chi connectivity index (χ3n) is 2.94. The fourth-order valence-corrected chi connectivity index (χ4v) is 2.50. The highest BCUT2D eigenvalue weighted by molar-refractivity contribution is 8.00. The third kappa shape index (κ3) is 3.89. The first-order valence-electron chi connectivity index (χ1n) is 6.02. The molecular formula is C14H13F3N2OS. The van der Waals surface area contributed by atoms with E-state index in [1.807, 2.05) is 0 Å². The second-order valence-electron chi connectivity index (χ2n) is 4.45. The lowest BCUT2D eigenvalue weighted by Crippen LogP contribution is -2.07. The van der Waals surface area contributed by atoms with Crippen LogP contribution in [0.15, 0.2) is 41.4 Å². The molecule has 0 saturated heterocycles. The van der Waals surface area contributed by atoms with Crippen LogP contribution < -0.4 is 5.73 Å². The summed E-state index contributed by atoms with van der Waals surface area (Å²) in [4.78, 5) is 3.98. The molecule has 1 heterocycles. The molecule has 0 aliphatic rings. The van der Waals surface area contributed by atoms with Crippen molar-refractivity contribution < 1.29 is 18.3 Å². The summed E-state index contributed by atoms with van der Waals surface area (Å²) < 4.78 is 36.8. The second kappa shape index (κ2) is 5.95. The number of hydrogen-bond acceptors (Lipinski definition) is 4. The van der Waals surface area contributed by atoms with Crippen LogP contribution in [-0.4, -0.2) is 15.6 Å². The van der Waals surface area contributed by atoms with Crippen molar-refractivity contribution in [3.8, 4) is 0 Å². The topological polar surface area (TPSA) is 59.1 Å². The zero-order chi connectivity index (χ0) is 15.6. The number of pyridine rings is 1. The molecule has 0 radical (unpaired) electrons. The molecule has 0 amide bonds. The fraction of sp³-hybridized carbons (Fsp3) is 0.214. The first kappa shape index (κ1) is 15.7. The maximum atomic E-state index is 12.3. The van der Waals surface area contributed by atoms with Crippen LogP contribution >= 0.6 is 11.8 Å². The fourth-order valence-electron chi connectivity index (χ4n) is 1.96. The number of aryl methyl sites for hydroxylation is 1. The third-order valence-corrected chi connectivity index (χ3v) is 3.68. The second-order valence-corrected chi connectivity index (χ2v) is 5.58. The number of alkyl halides is 3. The molecule has 0 bridgehead atoms. The molecular weight excluding hydrogens is 301 g/mol. The molecule has 3 N–H and O–H groups in total. The van der Waals surface area contributed by atoms with E-state index in [-0.39, 0.29) is 22.5 Å². The van der Waals surface area contributed by atoms with Gasteiger partial charge in [0.25, 0.3) is 0 Å². The maximum absolute atomic E-state index is 12.3. The summed E-state index contributed by atoms with van der Waals surface area (Å²) in [6, 6.07) is 7.25. The standard InChI is InChI=1S/C14H13F3N2OS/c1-8-6-7-19-13(18)11(8)12(20)9-2-4-10(5-3-9)21-14(15,16)17/h2-7,12,20H,1H3,(H2,18,19). The predicted molar refractivity (Wildman–Crippen MR) is 75.8 cm³/mol. The molecule has 3 nitrogen and oxygen atoms in total. The molecule has 0 fully saturated rings. The van der Waals surface area contributed by atoms with Crippen LogP contribution in [0.3, 0.4) is 0 Å².